The van der Waals surface area contributed by atoms with Crippen molar-refractivity contribution in [3.8, 4) is 11.1 Å². The molecule has 4 amide bonds. The van der Waals surface area contributed by atoms with Crippen molar-refractivity contribution in [2.45, 2.75) is 83.0 Å². The normalized spacial score (nSPS) is 13.5. The van der Waals surface area contributed by atoms with E-state index < -0.39 is 60.1 Å². The van der Waals surface area contributed by atoms with Crippen molar-refractivity contribution in [3.63, 3.8) is 0 Å². The maximum absolute atomic E-state index is 14.5. The number of primary amides is 1. The van der Waals surface area contributed by atoms with Crippen LogP contribution in [0.25, 0.3) is 22.0 Å². The van der Waals surface area contributed by atoms with Gasteiger partial charge in [0, 0.05) is 66.6 Å². The number of urea groups is 1. The number of nitrogens with two attached hydrogens (primary N) is 3. The Morgan fingerprint density at radius 3 is 2.06 bits per heavy atom. The number of benzene rings is 4. The van der Waals surface area contributed by atoms with Gasteiger partial charge in [-0.3, -0.25) is 24.0 Å². The summed E-state index contributed by atoms with van der Waals surface area (Å²) in [6, 6.07) is 30.5. The molecule has 6 rings (SSSR count). The molecule has 0 bridgehead atoms. The van der Waals surface area contributed by atoms with E-state index in [2.05, 4.69) is 25.6 Å². The topological polar surface area (TPSA) is 252 Å². The van der Waals surface area contributed by atoms with E-state index >= 15 is 0 Å². The van der Waals surface area contributed by atoms with Gasteiger partial charge in [-0.15, -0.1) is 0 Å². The number of imidazole rings is 1. The predicted octanol–water partition coefficient (Wildman–Crippen LogP) is 5.33. The highest BCUT2D eigenvalue weighted by Gasteiger charge is 2.32. The van der Waals surface area contributed by atoms with Crippen LogP contribution in [0.3, 0.4) is 0 Å². The zero-order valence-electron chi connectivity index (χ0n) is 37.9. The van der Waals surface area contributed by atoms with Crippen LogP contribution in [-0.4, -0.2) is 86.3 Å². The third-order valence-electron chi connectivity index (χ3n) is 12.1. The number of carbonyl (C=O) groups is 6. The lowest BCUT2D eigenvalue weighted by Crippen LogP contribution is -2.52. The summed E-state index contributed by atoms with van der Waals surface area (Å²) < 4.78 is 0. The lowest BCUT2D eigenvalue weighted by Gasteiger charge is -2.28. The maximum atomic E-state index is 14.5. The highest BCUT2D eigenvalue weighted by Crippen LogP contribution is 2.24. The summed E-state index contributed by atoms with van der Waals surface area (Å²) in [6.07, 6.45) is 6.71. The second-order valence-corrected chi connectivity index (χ2v) is 17.2. The van der Waals surface area contributed by atoms with Gasteiger partial charge in [-0.1, -0.05) is 110 Å². The van der Waals surface area contributed by atoms with Crippen LogP contribution in [0.2, 0.25) is 0 Å². The zero-order chi connectivity index (χ0) is 47.7. The summed E-state index contributed by atoms with van der Waals surface area (Å²) >= 11 is 0. The van der Waals surface area contributed by atoms with Crippen LogP contribution in [0.4, 0.5) is 4.79 Å². The predicted molar refractivity (Wildman–Crippen MR) is 258 cm³/mol. The molecule has 15 nitrogen and oxygen atoms in total. The largest absolute Gasteiger partial charge is 0.369 e. The summed E-state index contributed by atoms with van der Waals surface area (Å²) in [4.78, 5) is 94.6. The number of nitrogens with one attached hydrogen (secondary N) is 4. The van der Waals surface area contributed by atoms with Crippen molar-refractivity contribution < 1.29 is 28.8 Å². The van der Waals surface area contributed by atoms with Gasteiger partial charge in [0.15, 0.2) is 17.3 Å². The Morgan fingerprint density at radius 1 is 0.701 bits per heavy atom. The average molecular weight is 908 g/mol. The van der Waals surface area contributed by atoms with Gasteiger partial charge >= 0.3 is 6.03 Å². The van der Waals surface area contributed by atoms with E-state index in [4.69, 9.17) is 17.2 Å². The van der Waals surface area contributed by atoms with Crippen molar-refractivity contribution in [2.75, 3.05) is 13.1 Å². The molecule has 0 aliphatic rings. The SMILES string of the molecule is C[C@H](NC(=O)[C@H](CC(=O)[C@@H](N)Cc1cnc[nH]1)Cc1c[nH]c2ccccc12)C(=O)CN(Cc1ccc(-c2ccccc2)cc1)C(=O)N[C@H](Cc1ccccc1)C(=O)C[C@@H](CCCCN)C(N)=O. The minimum atomic E-state index is -1.09. The Kier molecular flexibility index (Phi) is 17.9. The van der Waals surface area contributed by atoms with Crippen LogP contribution in [0.5, 0.6) is 0 Å². The van der Waals surface area contributed by atoms with E-state index in [0.717, 1.165) is 33.2 Å². The average Bonchev–Trinajstić information content (AvgIpc) is 4.01. The molecule has 10 N–H and O–H groups in total. The Labute approximate surface area is 390 Å². The number of hydrogen-bond acceptors (Lipinski definition) is 9. The van der Waals surface area contributed by atoms with Crippen molar-refractivity contribution >= 4 is 46.1 Å². The van der Waals surface area contributed by atoms with Crippen molar-refractivity contribution in [2.24, 2.45) is 29.0 Å². The zero-order valence-corrected chi connectivity index (χ0v) is 37.9. The molecular formula is C52H61N9O6. The second-order valence-electron chi connectivity index (χ2n) is 17.2. The minimum absolute atomic E-state index is 0.0194. The molecule has 0 saturated heterocycles. The quantitative estimate of drug-likeness (QED) is 0.0347. The van der Waals surface area contributed by atoms with Gasteiger partial charge in [-0.05, 0) is 73.0 Å². The Hall–Kier alpha value is -7.23. The molecule has 0 unspecified atom stereocenters. The molecule has 0 radical (unpaired) electrons. The number of rotatable bonds is 26. The first-order valence-electron chi connectivity index (χ1n) is 22.8. The minimum Gasteiger partial charge on any atom is -0.369 e. The first kappa shape index (κ1) is 49.2. The number of nitrogens with zero attached hydrogens (tertiary/aromatic N) is 2. The second kappa shape index (κ2) is 24.3. The Balaban J connectivity index is 1.22. The third-order valence-corrected chi connectivity index (χ3v) is 12.1. The monoisotopic (exact) mass is 907 g/mol. The molecule has 0 aliphatic heterocycles. The summed E-state index contributed by atoms with van der Waals surface area (Å²) in [6.45, 7) is 1.51. The van der Waals surface area contributed by atoms with Crippen molar-refractivity contribution in [1.29, 1.82) is 0 Å². The molecule has 6 aromatic rings. The number of H-pyrrole nitrogens is 2. The highest BCUT2D eigenvalue weighted by molar-refractivity contribution is 5.96. The maximum Gasteiger partial charge on any atom is 0.318 e. The first-order valence-corrected chi connectivity index (χ1v) is 22.8. The number of aromatic amines is 2. The van der Waals surface area contributed by atoms with E-state index in [9.17, 15) is 28.8 Å². The smallest absolute Gasteiger partial charge is 0.318 e. The van der Waals surface area contributed by atoms with Gasteiger partial charge in [-0.2, -0.15) is 0 Å². The van der Waals surface area contributed by atoms with Gasteiger partial charge in [0.2, 0.25) is 11.8 Å². The van der Waals surface area contributed by atoms with Gasteiger partial charge in [0.25, 0.3) is 0 Å². The third kappa shape index (κ3) is 14.4. The van der Waals surface area contributed by atoms with Gasteiger partial charge < -0.3 is 42.7 Å². The van der Waals surface area contributed by atoms with E-state index in [1.54, 1.807) is 6.20 Å². The molecule has 0 aliphatic carbocycles. The molecule has 4 aromatic carbocycles. The summed E-state index contributed by atoms with van der Waals surface area (Å²) in [5.41, 5.74) is 23.6. The molecule has 0 fully saturated rings. The van der Waals surface area contributed by atoms with Crippen molar-refractivity contribution in [1.82, 2.24) is 30.5 Å². The number of ketones is 3. The lowest BCUT2D eigenvalue weighted by atomic mass is 9.90. The van der Waals surface area contributed by atoms with E-state index in [-0.39, 0.29) is 50.2 Å². The van der Waals surface area contributed by atoms with Crippen LogP contribution < -0.4 is 27.8 Å². The molecular weight excluding hydrogens is 847 g/mol. The van der Waals surface area contributed by atoms with Gasteiger partial charge in [-0.25, -0.2) is 9.78 Å². The first-order chi connectivity index (χ1) is 32.4. The molecule has 67 heavy (non-hydrogen) atoms. The van der Waals surface area contributed by atoms with Gasteiger partial charge in [0.05, 0.1) is 31.0 Å². The van der Waals surface area contributed by atoms with E-state index in [1.807, 2.05) is 115 Å². The summed E-state index contributed by atoms with van der Waals surface area (Å²) in [5.74, 6) is -3.97. The molecule has 0 spiro atoms. The van der Waals surface area contributed by atoms with Crippen molar-refractivity contribution in [3.05, 3.63) is 150 Å². The molecule has 5 atom stereocenters. The number of carbonyl (C=O) groups excluding carboxylic acids is 6. The number of fused-ring (bicyclic) bond motifs is 1. The van der Waals surface area contributed by atoms with E-state index in [0.29, 0.717) is 37.1 Å². The number of hydrogen-bond donors (Lipinski definition) is 7. The van der Waals surface area contributed by atoms with Gasteiger partial charge in [0.1, 0.15) is 0 Å². The van der Waals surface area contributed by atoms with Crippen LogP contribution >= 0.6 is 0 Å². The molecule has 15 heteroatoms. The molecule has 350 valence electrons. The van der Waals surface area contributed by atoms with E-state index in [1.165, 1.54) is 18.2 Å². The fourth-order valence-corrected chi connectivity index (χ4v) is 8.16. The van der Waals surface area contributed by atoms with Crippen LogP contribution in [0.15, 0.2) is 128 Å². The summed E-state index contributed by atoms with van der Waals surface area (Å²) in [7, 11) is 0. The highest BCUT2D eigenvalue weighted by atomic mass is 16.2. The number of para-hydroxylation sites is 1. The Bertz CT molecular complexity index is 2560. The fourth-order valence-electron chi connectivity index (χ4n) is 8.16. The summed E-state index contributed by atoms with van der Waals surface area (Å²) in [5, 5.41) is 6.63. The Morgan fingerprint density at radius 2 is 1.37 bits per heavy atom. The number of amides is 4. The number of Topliss-reactive ketones (excluding diaryl/α,β-unsaturated/α-hetero) is 3. The number of unbranched alkanes of at least 4 members (excludes halogenated alkanes) is 1. The molecule has 2 heterocycles. The van der Waals surface area contributed by atoms with Crippen LogP contribution in [0, 0.1) is 11.8 Å². The van der Waals surface area contributed by atoms with Crippen LogP contribution in [-0.2, 0) is 49.8 Å². The molecule has 2 aromatic heterocycles. The fraction of sp³-hybridized carbons (Fsp3) is 0.327. The standard InChI is InChI=1S/C52H61N9O6/c1-34(59-51(66)40(25-41-29-57-45-18-9-8-17-43(41)45)27-47(62)44(54)28-42-30-56-33-58-42)49(64)32-61(31-36-19-21-38(22-20-36)37-14-6-3-7-15-37)52(67)60-46(24-35-12-4-2-5-13-35)48(63)26-39(50(55)65)16-10-11-23-53/h2-9,12-15,17-22,29-30,33-34,39-40,44,46,57H,10-11,16,23-28,31-32,53-54H2,1H3,(H2,55,65)(H,56,58)(H,59,66)(H,60,67)/t34-,39+,40-,44-,46+/m0/s1. The number of aromatic nitrogens is 3. The van der Waals surface area contributed by atoms with Crippen LogP contribution in [0.1, 0.15) is 61.4 Å². The molecule has 0 saturated carbocycles. The lowest BCUT2D eigenvalue weighted by molar-refractivity contribution is -0.132.